The molecule has 2 nitrogen and oxygen atoms in total. The summed E-state index contributed by atoms with van der Waals surface area (Å²) in [5.41, 5.74) is 7.61. The number of piperidine rings is 1. The number of rotatable bonds is 4. The molecule has 3 atom stereocenters. The molecule has 0 amide bonds. The number of benzene rings is 1. The molecule has 2 rings (SSSR count). The lowest BCUT2D eigenvalue weighted by atomic mass is 9.83. The summed E-state index contributed by atoms with van der Waals surface area (Å²) < 4.78 is 0. The molecule has 106 valence electrons. The molecule has 0 aromatic heterocycles. The molecule has 3 unspecified atom stereocenters. The normalized spacial score (nSPS) is 28.0. The molecule has 2 N–H and O–H groups in total. The molecule has 0 bridgehead atoms. The first kappa shape index (κ1) is 14.5. The maximum atomic E-state index is 6.12. The zero-order valence-electron chi connectivity index (χ0n) is 12.6. The van der Waals surface area contributed by atoms with Crippen LogP contribution in [-0.2, 0) is 6.42 Å². The first-order valence-electron chi connectivity index (χ1n) is 7.54. The molecule has 1 fully saturated rings. The van der Waals surface area contributed by atoms with Gasteiger partial charge in [0.2, 0.25) is 0 Å². The van der Waals surface area contributed by atoms with Crippen LogP contribution in [0, 0.1) is 11.8 Å². The molecule has 1 aromatic rings. The highest BCUT2D eigenvalue weighted by Gasteiger charge is 2.35. The summed E-state index contributed by atoms with van der Waals surface area (Å²) in [5, 5.41) is 0. The van der Waals surface area contributed by atoms with E-state index in [4.69, 9.17) is 5.73 Å². The van der Waals surface area contributed by atoms with Crippen molar-refractivity contribution >= 4 is 0 Å². The van der Waals surface area contributed by atoms with Crippen molar-refractivity contribution in [3.63, 3.8) is 0 Å². The van der Waals surface area contributed by atoms with Crippen molar-refractivity contribution in [2.75, 3.05) is 19.6 Å². The Labute approximate surface area is 118 Å². The van der Waals surface area contributed by atoms with Gasteiger partial charge in [0, 0.05) is 18.6 Å². The van der Waals surface area contributed by atoms with Crippen LogP contribution in [0.15, 0.2) is 30.3 Å². The van der Waals surface area contributed by atoms with Crippen molar-refractivity contribution < 1.29 is 0 Å². The highest BCUT2D eigenvalue weighted by atomic mass is 15.2. The van der Waals surface area contributed by atoms with E-state index in [-0.39, 0.29) is 5.54 Å². The lowest BCUT2D eigenvalue weighted by molar-refractivity contribution is 0.0416. The highest BCUT2D eigenvalue weighted by molar-refractivity contribution is 5.18. The second-order valence-electron chi connectivity index (χ2n) is 6.55. The number of hydrogen-bond donors (Lipinski definition) is 1. The van der Waals surface area contributed by atoms with Crippen molar-refractivity contribution in [2.24, 2.45) is 17.6 Å². The minimum Gasteiger partial charge on any atom is -0.329 e. The van der Waals surface area contributed by atoms with Crippen molar-refractivity contribution in [3.05, 3.63) is 35.9 Å². The lowest BCUT2D eigenvalue weighted by Gasteiger charge is -2.46. The monoisotopic (exact) mass is 260 g/mol. The largest absolute Gasteiger partial charge is 0.329 e. The van der Waals surface area contributed by atoms with Crippen LogP contribution in [0.1, 0.15) is 32.8 Å². The molecule has 1 heterocycles. The summed E-state index contributed by atoms with van der Waals surface area (Å²) >= 11 is 0. The van der Waals surface area contributed by atoms with E-state index < -0.39 is 0 Å². The van der Waals surface area contributed by atoms with Gasteiger partial charge in [0.15, 0.2) is 0 Å². The van der Waals surface area contributed by atoms with Crippen LogP contribution in [0.4, 0.5) is 0 Å². The number of hydrogen-bond acceptors (Lipinski definition) is 2. The molecule has 0 radical (unpaired) electrons. The van der Waals surface area contributed by atoms with Crippen LogP contribution in [0.25, 0.3) is 0 Å². The summed E-state index contributed by atoms with van der Waals surface area (Å²) in [7, 11) is 0. The molecule has 0 spiro atoms. The maximum Gasteiger partial charge on any atom is 0.0343 e. The summed E-state index contributed by atoms with van der Waals surface area (Å²) in [6.45, 7) is 10.2. The Morgan fingerprint density at radius 2 is 1.89 bits per heavy atom. The molecule has 1 aliphatic heterocycles. The Bertz CT molecular complexity index is 390. The van der Waals surface area contributed by atoms with Crippen LogP contribution >= 0.6 is 0 Å². The fraction of sp³-hybridized carbons (Fsp3) is 0.647. The predicted octanol–water partition coefficient (Wildman–Crippen LogP) is 2.92. The van der Waals surface area contributed by atoms with E-state index in [1.165, 1.54) is 25.1 Å². The van der Waals surface area contributed by atoms with E-state index in [0.29, 0.717) is 0 Å². The van der Waals surface area contributed by atoms with Crippen molar-refractivity contribution in [2.45, 2.75) is 39.2 Å². The second-order valence-corrected chi connectivity index (χ2v) is 6.55. The molecular weight excluding hydrogens is 232 g/mol. The summed E-state index contributed by atoms with van der Waals surface area (Å²) in [6, 6.07) is 10.7. The molecule has 19 heavy (non-hydrogen) atoms. The van der Waals surface area contributed by atoms with Gasteiger partial charge in [-0.05, 0) is 43.7 Å². The zero-order valence-corrected chi connectivity index (χ0v) is 12.6. The average Bonchev–Trinajstić information content (AvgIpc) is 2.43. The Morgan fingerprint density at radius 1 is 1.21 bits per heavy atom. The molecule has 2 heteroatoms. The Kier molecular flexibility index (Phi) is 4.64. The summed E-state index contributed by atoms with van der Waals surface area (Å²) in [6.07, 6.45) is 2.34. The van der Waals surface area contributed by atoms with Gasteiger partial charge in [-0.15, -0.1) is 0 Å². The first-order valence-corrected chi connectivity index (χ1v) is 7.54. The van der Waals surface area contributed by atoms with Gasteiger partial charge in [-0.3, -0.25) is 4.90 Å². The van der Waals surface area contributed by atoms with Gasteiger partial charge in [-0.2, -0.15) is 0 Å². The van der Waals surface area contributed by atoms with E-state index in [1.807, 2.05) is 0 Å². The van der Waals surface area contributed by atoms with E-state index >= 15 is 0 Å². The fourth-order valence-electron chi connectivity index (χ4n) is 3.10. The quantitative estimate of drug-likeness (QED) is 0.902. The van der Waals surface area contributed by atoms with Crippen molar-refractivity contribution in [3.8, 4) is 0 Å². The topological polar surface area (TPSA) is 29.3 Å². The first-order chi connectivity index (χ1) is 9.05. The molecule has 1 aliphatic rings. The molecular formula is C17H28N2. The van der Waals surface area contributed by atoms with Crippen molar-refractivity contribution in [1.29, 1.82) is 0 Å². The summed E-state index contributed by atoms with van der Waals surface area (Å²) in [5.74, 6) is 1.62. The molecule has 0 saturated carbocycles. The SMILES string of the molecule is CC1CCN(C(C)(CN)Cc2ccccc2)CC1C. The smallest absolute Gasteiger partial charge is 0.0343 e. The van der Waals surface area contributed by atoms with Gasteiger partial charge in [-0.1, -0.05) is 44.2 Å². The predicted molar refractivity (Wildman–Crippen MR) is 82.1 cm³/mol. The standard InChI is InChI=1S/C17H28N2/c1-14-9-10-19(12-15(14)2)17(3,13-18)11-16-7-5-4-6-8-16/h4-8,14-15H,9-13,18H2,1-3H3. The van der Waals surface area contributed by atoms with Crippen LogP contribution in [-0.4, -0.2) is 30.1 Å². The molecule has 1 aromatic carbocycles. The fourth-order valence-corrected chi connectivity index (χ4v) is 3.10. The van der Waals surface area contributed by atoms with Gasteiger partial charge in [0.05, 0.1) is 0 Å². The van der Waals surface area contributed by atoms with Gasteiger partial charge >= 0.3 is 0 Å². The Hall–Kier alpha value is -0.860. The van der Waals surface area contributed by atoms with E-state index in [2.05, 4.69) is 56.0 Å². The second kappa shape index (κ2) is 6.06. The van der Waals surface area contributed by atoms with E-state index in [9.17, 15) is 0 Å². The zero-order chi connectivity index (χ0) is 13.9. The summed E-state index contributed by atoms with van der Waals surface area (Å²) in [4.78, 5) is 2.62. The molecule has 1 saturated heterocycles. The Balaban J connectivity index is 2.09. The Morgan fingerprint density at radius 3 is 2.47 bits per heavy atom. The lowest BCUT2D eigenvalue weighted by Crippen LogP contribution is -2.57. The van der Waals surface area contributed by atoms with Crippen LogP contribution in [0.5, 0.6) is 0 Å². The third-order valence-electron chi connectivity index (χ3n) is 4.97. The van der Waals surface area contributed by atoms with Crippen LogP contribution in [0.3, 0.4) is 0 Å². The maximum absolute atomic E-state index is 6.12. The highest BCUT2D eigenvalue weighted by Crippen LogP contribution is 2.29. The van der Waals surface area contributed by atoms with Gasteiger partial charge in [0.1, 0.15) is 0 Å². The van der Waals surface area contributed by atoms with Gasteiger partial charge < -0.3 is 5.73 Å². The third-order valence-corrected chi connectivity index (χ3v) is 4.97. The third kappa shape index (κ3) is 3.37. The van der Waals surface area contributed by atoms with Gasteiger partial charge in [-0.25, -0.2) is 0 Å². The minimum atomic E-state index is 0.0930. The molecule has 0 aliphatic carbocycles. The van der Waals surface area contributed by atoms with Gasteiger partial charge in [0.25, 0.3) is 0 Å². The average molecular weight is 260 g/mol. The van der Waals surface area contributed by atoms with E-state index in [0.717, 1.165) is 24.8 Å². The van der Waals surface area contributed by atoms with Crippen LogP contribution < -0.4 is 5.73 Å². The van der Waals surface area contributed by atoms with Crippen molar-refractivity contribution in [1.82, 2.24) is 4.90 Å². The van der Waals surface area contributed by atoms with Crippen LogP contribution in [0.2, 0.25) is 0 Å². The minimum absolute atomic E-state index is 0.0930. The number of likely N-dealkylation sites (tertiary alicyclic amines) is 1. The number of nitrogens with two attached hydrogens (primary N) is 1. The van der Waals surface area contributed by atoms with E-state index in [1.54, 1.807) is 0 Å². The number of nitrogens with zero attached hydrogens (tertiary/aromatic N) is 1.